The first-order valence-electron chi connectivity index (χ1n) is 8.29. The number of nitrogens with one attached hydrogen (secondary N) is 1. The second-order valence-corrected chi connectivity index (χ2v) is 5.72. The third-order valence-corrected chi connectivity index (χ3v) is 3.81. The molecule has 1 amide bonds. The first-order chi connectivity index (χ1) is 12.2. The third kappa shape index (κ3) is 4.70. The average Bonchev–Trinajstić information content (AvgIpc) is 3.12. The molecule has 0 bridgehead atoms. The Kier molecular flexibility index (Phi) is 5.46. The predicted octanol–water partition coefficient (Wildman–Crippen LogP) is 3.13. The van der Waals surface area contributed by atoms with E-state index in [9.17, 15) is 4.79 Å². The van der Waals surface area contributed by atoms with Gasteiger partial charge in [0.25, 0.3) is 5.91 Å². The van der Waals surface area contributed by atoms with E-state index >= 15 is 0 Å². The summed E-state index contributed by atoms with van der Waals surface area (Å²) in [6, 6.07) is 19.4. The predicted molar refractivity (Wildman–Crippen MR) is 97.2 cm³/mol. The summed E-state index contributed by atoms with van der Waals surface area (Å²) in [4.78, 5) is 12.1. The zero-order chi connectivity index (χ0) is 17.5. The molecule has 0 saturated heterocycles. The molecular weight excluding hydrogens is 314 g/mol. The molecule has 0 spiro atoms. The van der Waals surface area contributed by atoms with Gasteiger partial charge in [-0.1, -0.05) is 48.5 Å². The highest BCUT2D eigenvalue weighted by atomic mass is 16.5. The lowest BCUT2D eigenvalue weighted by molar-refractivity contribution is -0.127. The number of para-hydroxylation sites is 1. The maximum absolute atomic E-state index is 12.1. The molecule has 0 radical (unpaired) electrons. The van der Waals surface area contributed by atoms with Crippen LogP contribution in [0.15, 0.2) is 73.1 Å². The summed E-state index contributed by atoms with van der Waals surface area (Å²) in [6.07, 6.45) is 3.27. The molecule has 3 aromatic rings. The lowest BCUT2D eigenvalue weighted by atomic mass is 10.1. The van der Waals surface area contributed by atoms with Gasteiger partial charge in [-0.25, -0.2) is 0 Å². The van der Waals surface area contributed by atoms with Gasteiger partial charge in [0.15, 0.2) is 6.10 Å². The van der Waals surface area contributed by atoms with Gasteiger partial charge in [-0.2, -0.15) is 5.10 Å². The number of hydrogen-bond acceptors (Lipinski definition) is 3. The molecule has 1 aromatic heterocycles. The number of nitrogens with zero attached hydrogens (tertiary/aromatic N) is 2. The highest BCUT2D eigenvalue weighted by Gasteiger charge is 2.13. The highest BCUT2D eigenvalue weighted by molar-refractivity contribution is 5.80. The van der Waals surface area contributed by atoms with Crippen molar-refractivity contribution in [1.82, 2.24) is 15.1 Å². The molecule has 0 aliphatic heterocycles. The number of ether oxygens (including phenoxy) is 1. The second kappa shape index (κ2) is 8.15. The zero-order valence-corrected chi connectivity index (χ0v) is 14.1. The fourth-order valence-electron chi connectivity index (χ4n) is 2.46. The lowest BCUT2D eigenvalue weighted by Crippen LogP contribution is -2.37. The van der Waals surface area contributed by atoms with Gasteiger partial charge < -0.3 is 10.1 Å². The van der Waals surface area contributed by atoms with Crippen molar-refractivity contribution >= 4 is 5.91 Å². The molecular formula is C20H21N3O2. The molecule has 1 atom stereocenters. The highest BCUT2D eigenvalue weighted by Crippen LogP contribution is 2.17. The van der Waals surface area contributed by atoms with Gasteiger partial charge in [-0.3, -0.25) is 9.48 Å². The Morgan fingerprint density at radius 1 is 1.08 bits per heavy atom. The SMILES string of the molecule is CC(Oc1ccccc1)C(=O)NCCn1cc(-c2ccccc2)cn1. The zero-order valence-electron chi connectivity index (χ0n) is 14.1. The summed E-state index contributed by atoms with van der Waals surface area (Å²) >= 11 is 0. The van der Waals surface area contributed by atoms with Crippen LogP contribution in [0.4, 0.5) is 0 Å². The van der Waals surface area contributed by atoms with Gasteiger partial charge in [-0.15, -0.1) is 0 Å². The second-order valence-electron chi connectivity index (χ2n) is 5.72. The van der Waals surface area contributed by atoms with Crippen molar-refractivity contribution in [3.05, 3.63) is 73.1 Å². The third-order valence-electron chi connectivity index (χ3n) is 3.81. The lowest BCUT2D eigenvalue weighted by Gasteiger charge is -2.14. The maximum atomic E-state index is 12.1. The Balaban J connectivity index is 1.46. The van der Waals surface area contributed by atoms with E-state index in [1.165, 1.54) is 0 Å². The monoisotopic (exact) mass is 335 g/mol. The molecule has 0 saturated carbocycles. The summed E-state index contributed by atoms with van der Waals surface area (Å²) in [7, 11) is 0. The van der Waals surface area contributed by atoms with E-state index in [0.717, 1.165) is 11.1 Å². The summed E-state index contributed by atoms with van der Waals surface area (Å²) in [5, 5.41) is 7.21. The van der Waals surface area contributed by atoms with Crippen LogP contribution in [0.3, 0.4) is 0 Å². The first-order valence-corrected chi connectivity index (χ1v) is 8.29. The average molecular weight is 335 g/mol. The van der Waals surface area contributed by atoms with Crippen molar-refractivity contribution in [3.8, 4) is 16.9 Å². The van der Waals surface area contributed by atoms with Crippen molar-refractivity contribution in [2.24, 2.45) is 0 Å². The number of carbonyl (C=O) groups excluding carboxylic acids is 1. The molecule has 5 heteroatoms. The van der Waals surface area contributed by atoms with E-state index in [-0.39, 0.29) is 5.91 Å². The number of amides is 1. The van der Waals surface area contributed by atoms with Gasteiger partial charge in [0.05, 0.1) is 12.7 Å². The number of carbonyl (C=O) groups is 1. The van der Waals surface area contributed by atoms with E-state index < -0.39 is 6.10 Å². The molecule has 1 unspecified atom stereocenters. The Bertz CT molecular complexity index is 800. The van der Waals surface area contributed by atoms with Crippen LogP contribution < -0.4 is 10.1 Å². The summed E-state index contributed by atoms with van der Waals surface area (Å²) in [6.45, 7) is 2.84. The van der Waals surface area contributed by atoms with Crippen LogP contribution >= 0.6 is 0 Å². The van der Waals surface area contributed by atoms with E-state index in [1.807, 2.05) is 77.7 Å². The molecule has 0 aliphatic carbocycles. The summed E-state index contributed by atoms with van der Waals surface area (Å²) in [5.41, 5.74) is 2.19. The summed E-state index contributed by atoms with van der Waals surface area (Å²) < 4.78 is 7.43. The molecule has 25 heavy (non-hydrogen) atoms. The van der Waals surface area contributed by atoms with Gasteiger partial charge >= 0.3 is 0 Å². The van der Waals surface area contributed by atoms with Gasteiger partial charge in [0.2, 0.25) is 0 Å². The molecule has 2 aromatic carbocycles. The van der Waals surface area contributed by atoms with Crippen LogP contribution in [0.2, 0.25) is 0 Å². The van der Waals surface area contributed by atoms with Crippen LogP contribution in [-0.4, -0.2) is 28.3 Å². The van der Waals surface area contributed by atoms with Crippen molar-refractivity contribution in [2.75, 3.05) is 6.54 Å². The molecule has 1 heterocycles. The van der Waals surface area contributed by atoms with E-state index in [1.54, 1.807) is 6.92 Å². The summed E-state index contributed by atoms with van der Waals surface area (Å²) in [5.74, 6) is 0.545. The quantitative estimate of drug-likeness (QED) is 0.722. The minimum atomic E-state index is -0.542. The van der Waals surface area contributed by atoms with E-state index in [4.69, 9.17) is 4.74 Å². The number of benzene rings is 2. The van der Waals surface area contributed by atoms with Crippen molar-refractivity contribution in [2.45, 2.75) is 19.6 Å². The van der Waals surface area contributed by atoms with Crippen LogP contribution in [0.25, 0.3) is 11.1 Å². The molecule has 0 aliphatic rings. The number of rotatable bonds is 7. The van der Waals surface area contributed by atoms with Crippen molar-refractivity contribution < 1.29 is 9.53 Å². The van der Waals surface area contributed by atoms with E-state index in [2.05, 4.69) is 10.4 Å². The maximum Gasteiger partial charge on any atom is 0.260 e. The van der Waals surface area contributed by atoms with Gasteiger partial charge in [0.1, 0.15) is 5.75 Å². The Hall–Kier alpha value is -3.08. The van der Waals surface area contributed by atoms with Crippen LogP contribution in [0.5, 0.6) is 5.75 Å². The first kappa shape index (κ1) is 16.8. The van der Waals surface area contributed by atoms with Crippen molar-refractivity contribution in [3.63, 3.8) is 0 Å². The Morgan fingerprint density at radius 3 is 2.48 bits per heavy atom. The van der Waals surface area contributed by atoms with Crippen LogP contribution in [0.1, 0.15) is 6.92 Å². The standard InChI is InChI=1S/C20H21N3O2/c1-16(25-19-10-6-3-7-11-19)20(24)21-12-13-23-15-18(14-22-23)17-8-4-2-5-9-17/h2-11,14-16H,12-13H2,1H3,(H,21,24). The van der Waals surface area contributed by atoms with Gasteiger partial charge in [0, 0.05) is 18.3 Å². The topological polar surface area (TPSA) is 56.1 Å². The van der Waals surface area contributed by atoms with Crippen LogP contribution in [0, 0.1) is 0 Å². The molecule has 5 nitrogen and oxygen atoms in total. The largest absolute Gasteiger partial charge is 0.481 e. The molecule has 1 N–H and O–H groups in total. The fraction of sp³-hybridized carbons (Fsp3) is 0.200. The smallest absolute Gasteiger partial charge is 0.260 e. The Labute approximate surface area is 147 Å². The normalized spacial score (nSPS) is 11.7. The minimum absolute atomic E-state index is 0.140. The number of aromatic nitrogens is 2. The van der Waals surface area contributed by atoms with Crippen molar-refractivity contribution in [1.29, 1.82) is 0 Å². The minimum Gasteiger partial charge on any atom is -0.481 e. The Morgan fingerprint density at radius 2 is 1.76 bits per heavy atom. The van der Waals surface area contributed by atoms with Crippen LogP contribution in [-0.2, 0) is 11.3 Å². The fourth-order valence-corrected chi connectivity index (χ4v) is 2.46. The number of hydrogen-bond donors (Lipinski definition) is 1. The van der Waals surface area contributed by atoms with Gasteiger partial charge in [-0.05, 0) is 24.6 Å². The van der Waals surface area contributed by atoms with E-state index in [0.29, 0.717) is 18.8 Å². The molecule has 0 fully saturated rings. The molecule has 128 valence electrons. The molecule has 3 rings (SSSR count).